The van der Waals surface area contributed by atoms with Crippen LogP contribution in [0.25, 0.3) is 0 Å². The Kier molecular flexibility index (Phi) is 7.33. The van der Waals surface area contributed by atoms with Gasteiger partial charge >= 0.3 is 0 Å². The van der Waals surface area contributed by atoms with Crippen LogP contribution in [0.5, 0.6) is 0 Å². The first-order chi connectivity index (χ1) is 8.93. The summed E-state index contributed by atoms with van der Waals surface area (Å²) in [5, 5.41) is 13.2. The van der Waals surface area contributed by atoms with Crippen molar-refractivity contribution >= 4 is 0 Å². The molecular weight excluding hydrogens is 238 g/mol. The number of ether oxygens (including phenoxy) is 1. The molecule has 1 fully saturated rings. The molecule has 0 aromatic heterocycles. The summed E-state index contributed by atoms with van der Waals surface area (Å²) in [6.45, 7) is 8.44. The molecule has 3 unspecified atom stereocenters. The summed E-state index contributed by atoms with van der Waals surface area (Å²) in [4.78, 5) is 0. The number of aliphatic hydroxyl groups is 1. The molecule has 3 nitrogen and oxygen atoms in total. The number of hydrogen-bond acceptors (Lipinski definition) is 3. The lowest BCUT2D eigenvalue weighted by Crippen LogP contribution is -2.32. The van der Waals surface area contributed by atoms with Gasteiger partial charge in [0.25, 0.3) is 0 Å². The van der Waals surface area contributed by atoms with Crippen molar-refractivity contribution in [1.29, 1.82) is 0 Å². The van der Waals surface area contributed by atoms with Crippen LogP contribution in [0.1, 0.15) is 59.3 Å². The van der Waals surface area contributed by atoms with E-state index in [1.807, 2.05) is 0 Å². The monoisotopic (exact) mass is 271 g/mol. The summed E-state index contributed by atoms with van der Waals surface area (Å²) < 4.78 is 4.94. The lowest BCUT2D eigenvalue weighted by molar-refractivity contribution is 0.0588. The Balaban J connectivity index is 2.22. The Morgan fingerprint density at radius 3 is 2.58 bits per heavy atom. The van der Waals surface area contributed by atoms with Crippen molar-refractivity contribution in [3.05, 3.63) is 0 Å². The van der Waals surface area contributed by atoms with Gasteiger partial charge in [-0.2, -0.15) is 0 Å². The first kappa shape index (κ1) is 16.9. The third-order valence-electron chi connectivity index (χ3n) is 4.46. The molecule has 19 heavy (non-hydrogen) atoms. The lowest BCUT2D eigenvalue weighted by Gasteiger charge is -2.29. The van der Waals surface area contributed by atoms with Crippen LogP contribution in [0.3, 0.4) is 0 Å². The first-order valence-electron chi connectivity index (χ1n) is 7.84. The van der Waals surface area contributed by atoms with E-state index in [0.29, 0.717) is 18.1 Å². The second-order valence-corrected chi connectivity index (χ2v) is 7.12. The molecule has 0 spiro atoms. The second-order valence-electron chi connectivity index (χ2n) is 7.12. The van der Waals surface area contributed by atoms with E-state index in [1.54, 1.807) is 7.11 Å². The van der Waals surface area contributed by atoms with Gasteiger partial charge in [0.05, 0.1) is 12.7 Å². The molecule has 0 saturated heterocycles. The van der Waals surface area contributed by atoms with Gasteiger partial charge in [0, 0.05) is 13.2 Å². The molecule has 1 rings (SSSR count). The van der Waals surface area contributed by atoms with Crippen LogP contribution >= 0.6 is 0 Å². The molecule has 114 valence electrons. The highest BCUT2D eigenvalue weighted by Gasteiger charge is 2.27. The molecule has 1 saturated carbocycles. The van der Waals surface area contributed by atoms with Crippen LogP contribution in [-0.4, -0.2) is 37.5 Å². The number of nitrogens with one attached hydrogen (secondary N) is 1. The van der Waals surface area contributed by atoms with E-state index >= 15 is 0 Å². The Morgan fingerprint density at radius 2 is 1.95 bits per heavy atom. The average Bonchev–Trinajstić information content (AvgIpc) is 2.54. The molecule has 0 bridgehead atoms. The van der Waals surface area contributed by atoms with Gasteiger partial charge in [0.1, 0.15) is 0 Å². The molecule has 3 heteroatoms. The van der Waals surface area contributed by atoms with Gasteiger partial charge in [-0.25, -0.2) is 0 Å². The van der Waals surface area contributed by atoms with Crippen LogP contribution < -0.4 is 5.32 Å². The highest BCUT2D eigenvalue weighted by atomic mass is 16.5. The normalized spacial score (nSPS) is 27.0. The van der Waals surface area contributed by atoms with Crippen molar-refractivity contribution in [1.82, 2.24) is 5.32 Å². The maximum absolute atomic E-state index is 9.62. The maximum Gasteiger partial charge on any atom is 0.0785 e. The third kappa shape index (κ3) is 6.73. The predicted octanol–water partition coefficient (Wildman–Crippen LogP) is 2.97. The zero-order valence-corrected chi connectivity index (χ0v) is 13.2. The van der Waals surface area contributed by atoms with Gasteiger partial charge in [-0.05, 0) is 50.0 Å². The highest BCUT2D eigenvalue weighted by Crippen LogP contribution is 2.36. The molecule has 2 N–H and O–H groups in total. The molecule has 1 aliphatic carbocycles. The molecule has 1 aliphatic rings. The molecular formula is C16H33NO2. The summed E-state index contributed by atoms with van der Waals surface area (Å²) in [6, 6.07) is 0.641. The molecule has 0 radical (unpaired) electrons. The van der Waals surface area contributed by atoms with Crippen molar-refractivity contribution in [3.8, 4) is 0 Å². The Hall–Kier alpha value is -0.120. The van der Waals surface area contributed by atoms with E-state index in [9.17, 15) is 5.11 Å². The number of methoxy groups -OCH3 is 1. The predicted molar refractivity (Wildman–Crippen MR) is 80.3 cm³/mol. The zero-order chi connectivity index (χ0) is 14.3. The van der Waals surface area contributed by atoms with Gasteiger partial charge < -0.3 is 15.2 Å². The van der Waals surface area contributed by atoms with Crippen molar-refractivity contribution in [2.75, 3.05) is 20.3 Å². The van der Waals surface area contributed by atoms with E-state index in [1.165, 1.54) is 32.1 Å². The summed E-state index contributed by atoms with van der Waals surface area (Å²) >= 11 is 0. The minimum Gasteiger partial charge on any atom is -0.391 e. The number of aliphatic hydroxyl groups excluding tert-OH is 1. The third-order valence-corrected chi connectivity index (χ3v) is 4.46. The second kappa shape index (κ2) is 8.23. The SMILES string of the molecule is COCC(O)CCNC1CCCC(C(C)(C)C)CC1. The standard InChI is InChI=1S/C16H33NO2/c1-16(2,3)13-6-5-7-14(9-8-13)17-11-10-15(18)12-19-4/h13-15,17-18H,5-12H2,1-4H3. The molecule has 3 atom stereocenters. The van der Waals surface area contributed by atoms with E-state index in [2.05, 4.69) is 26.1 Å². The zero-order valence-electron chi connectivity index (χ0n) is 13.2. The summed E-state index contributed by atoms with van der Waals surface area (Å²) in [6.07, 6.45) is 7.06. The van der Waals surface area contributed by atoms with Crippen molar-refractivity contribution in [2.24, 2.45) is 11.3 Å². The maximum atomic E-state index is 9.62. The molecule has 0 aromatic rings. The molecule has 0 heterocycles. The fourth-order valence-electron chi connectivity index (χ4n) is 3.10. The van der Waals surface area contributed by atoms with Gasteiger partial charge in [-0.1, -0.05) is 27.2 Å². The minimum atomic E-state index is -0.328. The van der Waals surface area contributed by atoms with Gasteiger partial charge in [0.2, 0.25) is 0 Å². The van der Waals surface area contributed by atoms with Crippen molar-refractivity contribution in [2.45, 2.75) is 71.4 Å². The quantitative estimate of drug-likeness (QED) is 0.730. The summed E-state index contributed by atoms with van der Waals surface area (Å²) in [5.74, 6) is 0.860. The fraction of sp³-hybridized carbons (Fsp3) is 1.00. The minimum absolute atomic E-state index is 0.328. The van der Waals surface area contributed by atoms with Crippen LogP contribution in [0.2, 0.25) is 0 Å². The van der Waals surface area contributed by atoms with Crippen molar-refractivity contribution in [3.63, 3.8) is 0 Å². The Labute approximate surface area is 119 Å². The smallest absolute Gasteiger partial charge is 0.0785 e. The average molecular weight is 271 g/mol. The number of hydrogen-bond donors (Lipinski definition) is 2. The van der Waals surface area contributed by atoms with Gasteiger partial charge in [-0.3, -0.25) is 0 Å². The van der Waals surface area contributed by atoms with Crippen LogP contribution in [0, 0.1) is 11.3 Å². The topological polar surface area (TPSA) is 41.5 Å². The highest BCUT2D eigenvalue weighted by molar-refractivity contribution is 4.81. The first-order valence-corrected chi connectivity index (χ1v) is 7.84. The van der Waals surface area contributed by atoms with E-state index in [4.69, 9.17) is 4.74 Å². The molecule has 0 aromatic carbocycles. The lowest BCUT2D eigenvalue weighted by atomic mass is 9.76. The van der Waals surface area contributed by atoms with Gasteiger partial charge in [-0.15, -0.1) is 0 Å². The van der Waals surface area contributed by atoms with E-state index in [0.717, 1.165) is 18.9 Å². The Morgan fingerprint density at radius 1 is 1.21 bits per heavy atom. The van der Waals surface area contributed by atoms with Gasteiger partial charge in [0.15, 0.2) is 0 Å². The summed E-state index contributed by atoms with van der Waals surface area (Å²) in [5.41, 5.74) is 0.448. The molecule has 0 aliphatic heterocycles. The largest absolute Gasteiger partial charge is 0.391 e. The Bertz CT molecular complexity index is 237. The summed E-state index contributed by atoms with van der Waals surface area (Å²) in [7, 11) is 1.63. The van der Waals surface area contributed by atoms with Crippen LogP contribution in [-0.2, 0) is 4.74 Å². The molecule has 0 amide bonds. The van der Waals surface area contributed by atoms with E-state index < -0.39 is 0 Å². The fourth-order valence-corrected chi connectivity index (χ4v) is 3.10. The number of rotatable bonds is 6. The van der Waals surface area contributed by atoms with Crippen LogP contribution in [0.4, 0.5) is 0 Å². The van der Waals surface area contributed by atoms with Crippen molar-refractivity contribution < 1.29 is 9.84 Å². The van der Waals surface area contributed by atoms with Crippen LogP contribution in [0.15, 0.2) is 0 Å². The van der Waals surface area contributed by atoms with E-state index in [-0.39, 0.29) is 6.10 Å².